The van der Waals surface area contributed by atoms with Gasteiger partial charge in [0.1, 0.15) is 0 Å². The van der Waals surface area contributed by atoms with Gasteiger partial charge in [-0.15, -0.1) is 0 Å². The number of methoxy groups -OCH3 is 2. The molecule has 5 heteroatoms. The van der Waals surface area contributed by atoms with Crippen LogP contribution in [0.5, 0.6) is 17.2 Å². The fourth-order valence-electron chi connectivity index (χ4n) is 2.06. The second-order valence-corrected chi connectivity index (χ2v) is 4.71. The highest BCUT2D eigenvalue weighted by Crippen LogP contribution is 2.37. The van der Waals surface area contributed by atoms with Crippen molar-refractivity contribution in [2.24, 2.45) is 0 Å². The minimum absolute atomic E-state index is 0.0153. The Bertz CT molecular complexity index is 562. The number of aromatic nitrogens is 1. The average Bonchev–Trinajstić information content (AvgIpc) is 2.54. The zero-order valence-electron chi connectivity index (χ0n) is 12.5. The predicted octanol–water partition coefficient (Wildman–Crippen LogP) is 2.66. The first-order valence-electron chi connectivity index (χ1n) is 6.74. The third-order valence-electron chi connectivity index (χ3n) is 3.28. The molecule has 0 spiro atoms. The lowest BCUT2D eigenvalue weighted by molar-refractivity contribution is 0.339. The van der Waals surface area contributed by atoms with Crippen LogP contribution in [0, 0.1) is 0 Å². The van der Waals surface area contributed by atoms with Crippen LogP contribution in [0.3, 0.4) is 0 Å². The maximum atomic E-state index is 9.89. The molecule has 0 amide bonds. The lowest BCUT2D eigenvalue weighted by Gasteiger charge is -2.15. The van der Waals surface area contributed by atoms with Gasteiger partial charge in [0, 0.05) is 18.8 Å². The smallest absolute Gasteiger partial charge is 0.200 e. The zero-order valence-corrected chi connectivity index (χ0v) is 12.5. The minimum atomic E-state index is 0.0153. The lowest BCUT2D eigenvalue weighted by Crippen LogP contribution is -2.19. The number of benzene rings is 1. The number of hydrogen-bond donors (Lipinski definition) is 2. The monoisotopic (exact) mass is 288 g/mol. The summed E-state index contributed by atoms with van der Waals surface area (Å²) in [4.78, 5) is 4.32. The summed E-state index contributed by atoms with van der Waals surface area (Å²) < 4.78 is 10.3. The second kappa shape index (κ2) is 6.95. The molecular weight excluding hydrogens is 268 g/mol. The van der Waals surface area contributed by atoms with Crippen LogP contribution in [-0.2, 0) is 6.54 Å². The number of phenolic OH excluding ortho intramolecular Hbond substituents is 1. The summed E-state index contributed by atoms with van der Waals surface area (Å²) >= 11 is 0. The molecule has 2 aromatic rings. The van der Waals surface area contributed by atoms with E-state index in [0.29, 0.717) is 18.0 Å². The molecule has 0 aliphatic heterocycles. The van der Waals surface area contributed by atoms with Crippen LogP contribution in [0.25, 0.3) is 0 Å². The molecular formula is C16H20N2O3. The third kappa shape index (κ3) is 3.64. The van der Waals surface area contributed by atoms with Gasteiger partial charge >= 0.3 is 0 Å². The highest BCUT2D eigenvalue weighted by molar-refractivity contribution is 5.52. The predicted molar refractivity (Wildman–Crippen MR) is 80.7 cm³/mol. The Kier molecular flexibility index (Phi) is 5.00. The van der Waals surface area contributed by atoms with E-state index in [1.807, 2.05) is 18.2 Å². The number of nitrogens with zero attached hydrogens (tertiary/aromatic N) is 1. The summed E-state index contributed by atoms with van der Waals surface area (Å²) in [5, 5.41) is 13.3. The first-order chi connectivity index (χ1) is 10.2. The van der Waals surface area contributed by atoms with Crippen LogP contribution in [-0.4, -0.2) is 24.3 Å². The van der Waals surface area contributed by atoms with Gasteiger partial charge in [-0.2, -0.15) is 0 Å². The van der Waals surface area contributed by atoms with Gasteiger partial charge in [0.2, 0.25) is 5.75 Å². The summed E-state index contributed by atoms with van der Waals surface area (Å²) in [6.45, 7) is 2.67. The largest absolute Gasteiger partial charge is 0.502 e. The maximum absolute atomic E-state index is 9.89. The lowest BCUT2D eigenvalue weighted by atomic mass is 10.1. The van der Waals surface area contributed by atoms with Gasteiger partial charge in [-0.3, -0.25) is 4.98 Å². The van der Waals surface area contributed by atoms with Crippen molar-refractivity contribution in [1.29, 1.82) is 0 Å². The quantitative estimate of drug-likeness (QED) is 0.855. The van der Waals surface area contributed by atoms with E-state index in [-0.39, 0.29) is 11.8 Å². The van der Waals surface area contributed by atoms with Gasteiger partial charge < -0.3 is 19.9 Å². The van der Waals surface area contributed by atoms with Crippen LogP contribution >= 0.6 is 0 Å². The SMILES string of the molecule is COc1cc(CN[C@@H](C)c2ccccn2)cc(OC)c1O. The van der Waals surface area contributed by atoms with Crippen molar-refractivity contribution < 1.29 is 14.6 Å². The minimum Gasteiger partial charge on any atom is -0.502 e. The summed E-state index contributed by atoms with van der Waals surface area (Å²) in [5.41, 5.74) is 1.94. The molecule has 2 N–H and O–H groups in total. The van der Waals surface area contributed by atoms with Crippen LogP contribution in [0.15, 0.2) is 36.5 Å². The number of rotatable bonds is 6. The van der Waals surface area contributed by atoms with E-state index < -0.39 is 0 Å². The number of phenols is 1. The molecule has 21 heavy (non-hydrogen) atoms. The highest BCUT2D eigenvalue weighted by Gasteiger charge is 2.12. The van der Waals surface area contributed by atoms with E-state index in [2.05, 4.69) is 17.2 Å². The van der Waals surface area contributed by atoms with E-state index >= 15 is 0 Å². The second-order valence-electron chi connectivity index (χ2n) is 4.71. The van der Waals surface area contributed by atoms with E-state index in [9.17, 15) is 5.11 Å². The Morgan fingerprint density at radius 2 is 1.86 bits per heavy atom. The molecule has 0 aliphatic carbocycles. The molecule has 2 rings (SSSR count). The summed E-state index contributed by atoms with van der Waals surface area (Å²) in [6.07, 6.45) is 1.78. The topological polar surface area (TPSA) is 63.6 Å². The fraction of sp³-hybridized carbons (Fsp3) is 0.312. The summed E-state index contributed by atoms with van der Waals surface area (Å²) in [6, 6.07) is 9.54. The molecule has 0 fully saturated rings. The van der Waals surface area contributed by atoms with Crippen LogP contribution in [0.2, 0.25) is 0 Å². The number of aromatic hydroxyl groups is 1. The number of ether oxygens (including phenoxy) is 2. The maximum Gasteiger partial charge on any atom is 0.200 e. The van der Waals surface area contributed by atoms with Crippen LogP contribution in [0.4, 0.5) is 0 Å². The van der Waals surface area contributed by atoms with Crippen molar-refractivity contribution in [2.45, 2.75) is 19.5 Å². The molecule has 0 saturated heterocycles. The molecule has 1 aromatic heterocycles. The Hall–Kier alpha value is -2.27. The van der Waals surface area contributed by atoms with E-state index in [4.69, 9.17) is 9.47 Å². The van der Waals surface area contributed by atoms with Gasteiger partial charge in [0.15, 0.2) is 11.5 Å². The summed E-state index contributed by atoms with van der Waals surface area (Å²) in [5.74, 6) is 0.815. The number of pyridine rings is 1. The van der Waals surface area contributed by atoms with Gasteiger partial charge in [-0.25, -0.2) is 0 Å². The van der Waals surface area contributed by atoms with E-state index in [1.165, 1.54) is 14.2 Å². The molecule has 0 saturated carbocycles. The molecule has 1 heterocycles. The van der Waals surface area contributed by atoms with Crippen molar-refractivity contribution in [1.82, 2.24) is 10.3 Å². The third-order valence-corrected chi connectivity index (χ3v) is 3.28. The molecule has 0 bridgehead atoms. The van der Waals surface area contributed by atoms with Gasteiger partial charge in [0.05, 0.1) is 19.9 Å². The van der Waals surface area contributed by atoms with Crippen LogP contribution < -0.4 is 14.8 Å². The Labute approximate surface area is 124 Å². The Morgan fingerprint density at radius 1 is 1.19 bits per heavy atom. The van der Waals surface area contributed by atoms with E-state index in [1.54, 1.807) is 18.3 Å². The Morgan fingerprint density at radius 3 is 2.38 bits per heavy atom. The van der Waals surface area contributed by atoms with Crippen LogP contribution in [0.1, 0.15) is 24.2 Å². The van der Waals surface area contributed by atoms with Crippen molar-refractivity contribution >= 4 is 0 Å². The van der Waals surface area contributed by atoms with Crippen molar-refractivity contribution in [2.75, 3.05) is 14.2 Å². The summed E-state index contributed by atoms with van der Waals surface area (Å²) in [7, 11) is 3.03. The normalized spacial score (nSPS) is 12.0. The van der Waals surface area contributed by atoms with Gasteiger partial charge in [-0.1, -0.05) is 6.07 Å². The molecule has 5 nitrogen and oxygen atoms in total. The molecule has 1 atom stereocenters. The van der Waals surface area contributed by atoms with Crippen molar-refractivity contribution in [3.8, 4) is 17.2 Å². The molecule has 1 aromatic carbocycles. The zero-order chi connectivity index (χ0) is 15.2. The molecule has 0 unspecified atom stereocenters. The molecule has 0 radical (unpaired) electrons. The average molecular weight is 288 g/mol. The standard InChI is InChI=1S/C16H20N2O3/c1-11(13-6-4-5-7-17-13)18-10-12-8-14(20-2)16(19)15(9-12)21-3/h4-9,11,18-19H,10H2,1-3H3/t11-/m0/s1. The van der Waals surface area contributed by atoms with Gasteiger partial charge in [-0.05, 0) is 36.8 Å². The van der Waals surface area contributed by atoms with E-state index in [0.717, 1.165) is 11.3 Å². The molecule has 0 aliphatic rings. The first-order valence-corrected chi connectivity index (χ1v) is 6.74. The molecule has 112 valence electrons. The number of hydrogen-bond acceptors (Lipinski definition) is 5. The van der Waals surface area contributed by atoms with Gasteiger partial charge in [0.25, 0.3) is 0 Å². The number of nitrogens with one attached hydrogen (secondary N) is 1. The Balaban J connectivity index is 2.09. The highest BCUT2D eigenvalue weighted by atomic mass is 16.5. The first kappa shape index (κ1) is 15.1. The fourth-order valence-corrected chi connectivity index (χ4v) is 2.06. The van der Waals surface area contributed by atoms with Crippen molar-refractivity contribution in [3.05, 3.63) is 47.8 Å². The van der Waals surface area contributed by atoms with Crippen molar-refractivity contribution in [3.63, 3.8) is 0 Å².